The molecule has 0 aliphatic heterocycles. The van der Waals surface area contributed by atoms with Gasteiger partial charge in [0.05, 0.1) is 41.3 Å². The lowest BCUT2D eigenvalue weighted by atomic mass is 9.99. The van der Waals surface area contributed by atoms with Gasteiger partial charge in [0.15, 0.2) is 0 Å². The standard InChI is InChI=1S/C54H32N2OS/c1-2-12-36(13-3-1)55-47-18-8-4-14-38(47)43-28-33(22-25-49(43)55)34-23-26-50-44(29-34)39-15-5-9-19-48(39)56(50)37-31-42(54-46(32-37)41-17-7-11-21-53(41)58-54)35-24-27-52-45(30-35)40-16-6-10-20-51(40)57-52/h1-32H/i4D,5D,8D,9D,14D,15D,18D,19D,22D,23D,25D,26D,28D,29D. The molecular formula is C54H32N2OS. The van der Waals surface area contributed by atoms with E-state index in [-0.39, 0.29) is 43.6 Å². The fourth-order valence-electron chi connectivity index (χ4n) is 8.42. The van der Waals surface area contributed by atoms with Crippen molar-refractivity contribution in [3.8, 4) is 33.6 Å². The van der Waals surface area contributed by atoms with Crippen molar-refractivity contribution in [3.05, 3.63) is 194 Å². The zero-order valence-electron chi connectivity index (χ0n) is 44.1. The third-order valence-corrected chi connectivity index (χ3v) is 12.2. The van der Waals surface area contributed by atoms with E-state index in [1.165, 1.54) is 9.13 Å². The first-order chi connectivity index (χ1) is 34.6. The fourth-order valence-corrected chi connectivity index (χ4v) is 9.64. The highest BCUT2D eigenvalue weighted by molar-refractivity contribution is 7.26. The molecule has 9 aromatic carbocycles. The van der Waals surface area contributed by atoms with Gasteiger partial charge in [-0.1, -0.05) is 109 Å². The van der Waals surface area contributed by atoms with Crippen LogP contribution in [0.5, 0.6) is 0 Å². The number of hydrogen-bond donors (Lipinski definition) is 0. The van der Waals surface area contributed by atoms with Gasteiger partial charge in [-0.25, -0.2) is 0 Å². The molecule has 0 saturated heterocycles. The van der Waals surface area contributed by atoms with Crippen molar-refractivity contribution in [2.24, 2.45) is 0 Å². The van der Waals surface area contributed by atoms with Crippen molar-refractivity contribution in [2.75, 3.05) is 0 Å². The Bertz CT molecular complexity index is 4630. The molecule has 13 aromatic rings. The number of benzene rings is 9. The van der Waals surface area contributed by atoms with E-state index in [4.69, 9.17) is 12.6 Å². The lowest BCUT2D eigenvalue weighted by Crippen LogP contribution is -1.95. The van der Waals surface area contributed by atoms with Gasteiger partial charge in [0, 0.05) is 69.4 Å². The predicted octanol–water partition coefficient (Wildman–Crippen LogP) is 15.5. The quantitative estimate of drug-likeness (QED) is 0.175. The molecule has 0 radical (unpaired) electrons. The van der Waals surface area contributed by atoms with Gasteiger partial charge in [-0.05, 0) is 101 Å². The molecular weight excluding hydrogens is 725 g/mol. The molecule has 270 valence electrons. The van der Waals surface area contributed by atoms with Gasteiger partial charge in [-0.2, -0.15) is 0 Å². The molecule has 58 heavy (non-hydrogen) atoms. The molecule has 3 nitrogen and oxygen atoms in total. The predicted molar refractivity (Wildman–Crippen MR) is 246 cm³/mol. The molecule has 0 spiro atoms. The first kappa shape index (κ1) is 21.2. The van der Waals surface area contributed by atoms with Crippen LogP contribution < -0.4 is 0 Å². The third-order valence-electron chi connectivity index (χ3n) is 11.0. The topological polar surface area (TPSA) is 23.0 Å². The first-order valence-corrected chi connectivity index (χ1v) is 19.4. The number of aromatic nitrogens is 2. The summed E-state index contributed by atoms with van der Waals surface area (Å²) in [6.07, 6.45) is 0. The number of rotatable bonds is 4. The van der Waals surface area contributed by atoms with E-state index in [0.717, 1.165) is 47.7 Å². The number of thiophene rings is 1. The largest absolute Gasteiger partial charge is 0.456 e. The van der Waals surface area contributed by atoms with Crippen molar-refractivity contribution < 1.29 is 23.6 Å². The monoisotopic (exact) mass is 770 g/mol. The molecule has 4 aromatic heterocycles. The van der Waals surface area contributed by atoms with Gasteiger partial charge < -0.3 is 13.6 Å². The minimum atomic E-state index is -0.624. The highest BCUT2D eigenvalue weighted by atomic mass is 32.1. The summed E-state index contributed by atoms with van der Waals surface area (Å²) >= 11 is 1.59. The highest BCUT2D eigenvalue weighted by Gasteiger charge is 2.20. The Kier molecular flexibility index (Phi) is 4.41. The summed E-state index contributed by atoms with van der Waals surface area (Å²) in [5.41, 5.74) is 2.68. The second kappa shape index (κ2) is 12.1. The van der Waals surface area contributed by atoms with Crippen LogP contribution in [0.25, 0.3) is 119 Å². The summed E-state index contributed by atoms with van der Waals surface area (Å²) in [6, 6.07) is 26.3. The van der Waals surface area contributed by atoms with E-state index in [2.05, 4.69) is 0 Å². The van der Waals surface area contributed by atoms with E-state index in [9.17, 15) is 11.0 Å². The van der Waals surface area contributed by atoms with E-state index in [1.54, 1.807) is 41.7 Å². The van der Waals surface area contributed by atoms with Crippen molar-refractivity contribution in [2.45, 2.75) is 0 Å². The average molecular weight is 771 g/mol. The lowest BCUT2D eigenvalue weighted by Gasteiger charge is -2.13. The number of furan rings is 1. The Hall–Kier alpha value is -7.40. The van der Waals surface area contributed by atoms with Crippen LogP contribution in [0, 0.1) is 0 Å². The Morgan fingerprint density at radius 3 is 1.76 bits per heavy atom. The molecule has 4 heteroatoms. The fraction of sp³-hybridized carbons (Fsp3) is 0. The maximum Gasteiger partial charge on any atom is 0.135 e. The van der Waals surface area contributed by atoms with Crippen LogP contribution in [0.1, 0.15) is 19.2 Å². The summed E-state index contributed by atoms with van der Waals surface area (Å²) in [5.74, 6) is 0. The normalized spacial score (nSPS) is 15.5. The van der Waals surface area contributed by atoms with Crippen LogP contribution in [0.15, 0.2) is 198 Å². The van der Waals surface area contributed by atoms with E-state index in [0.29, 0.717) is 17.0 Å². The summed E-state index contributed by atoms with van der Waals surface area (Å²) in [5, 5.41) is 3.03. The van der Waals surface area contributed by atoms with E-state index in [1.807, 2.05) is 78.9 Å². The van der Waals surface area contributed by atoms with Crippen LogP contribution >= 0.6 is 11.3 Å². The van der Waals surface area contributed by atoms with Crippen LogP contribution in [0.3, 0.4) is 0 Å². The maximum absolute atomic E-state index is 10.1. The molecule has 0 aliphatic carbocycles. The molecule has 4 heterocycles. The smallest absolute Gasteiger partial charge is 0.135 e. The molecule has 0 amide bonds. The van der Waals surface area contributed by atoms with Crippen LogP contribution in [0.4, 0.5) is 0 Å². The second-order valence-corrected chi connectivity index (χ2v) is 15.2. The number of nitrogens with zero attached hydrogens (tertiary/aromatic N) is 2. The Balaban J connectivity index is 1.17. The van der Waals surface area contributed by atoms with E-state index < -0.39 is 95.7 Å². The number of fused-ring (bicyclic) bond motifs is 12. The van der Waals surface area contributed by atoms with Gasteiger partial charge in [0.1, 0.15) is 11.2 Å². The molecule has 13 rings (SSSR count). The summed E-state index contributed by atoms with van der Waals surface area (Å²) in [6.45, 7) is 0. The minimum Gasteiger partial charge on any atom is -0.456 e. The summed E-state index contributed by atoms with van der Waals surface area (Å²) in [4.78, 5) is 0. The molecule has 0 N–H and O–H groups in total. The SMILES string of the molecule is [2H]c1c([2H])c([2H])c2c(c1[2H])c1c([2H])c(-c3c([2H])c([2H])c4c(c3[2H])c3c([2H])c([2H])c([2H])c([2H])c3n4-c3cc(-c4ccc5oc6ccccc6c5c4)c4sc5ccccc5c4c3)c([2H])c([2H])c1n2-c1ccccc1. The third kappa shape index (κ3) is 4.55. The molecule has 0 fully saturated rings. The summed E-state index contributed by atoms with van der Waals surface area (Å²) in [7, 11) is 0. The van der Waals surface area contributed by atoms with Gasteiger partial charge in [0.2, 0.25) is 0 Å². The Morgan fingerprint density at radius 1 is 0.414 bits per heavy atom. The Labute approximate surface area is 356 Å². The van der Waals surface area contributed by atoms with Crippen LogP contribution in [0.2, 0.25) is 0 Å². The number of para-hydroxylation sites is 4. The second-order valence-electron chi connectivity index (χ2n) is 14.2. The van der Waals surface area contributed by atoms with Gasteiger partial charge in [-0.15, -0.1) is 11.3 Å². The molecule has 0 bridgehead atoms. The maximum atomic E-state index is 10.1. The van der Waals surface area contributed by atoms with E-state index >= 15 is 0 Å². The van der Waals surface area contributed by atoms with Crippen molar-refractivity contribution in [3.63, 3.8) is 0 Å². The van der Waals surface area contributed by atoms with Crippen molar-refractivity contribution >= 4 is 97.1 Å². The van der Waals surface area contributed by atoms with Crippen LogP contribution in [-0.2, 0) is 0 Å². The minimum absolute atomic E-state index is 0.0404. The zero-order chi connectivity index (χ0) is 50.1. The average Bonchev–Trinajstić information content (AvgIpc) is 4.16. The van der Waals surface area contributed by atoms with Crippen molar-refractivity contribution in [1.82, 2.24) is 9.13 Å². The number of hydrogen-bond acceptors (Lipinski definition) is 2. The zero-order valence-corrected chi connectivity index (χ0v) is 30.9. The van der Waals surface area contributed by atoms with Crippen molar-refractivity contribution in [1.29, 1.82) is 0 Å². The molecule has 0 saturated carbocycles. The van der Waals surface area contributed by atoms with Gasteiger partial charge >= 0.3 is 0 Å². The highest BCUT2D eigenvalue weighted by Crippen LogP contribution is 2.45. The van der Waals surface area contributed by atoms with Crippen LogP contribution in [-0.4, -0.2) is 9.13 Å². The molecule has 0 unspecified atom stereocenters. The van der Waals surface area contributed by atoms with Gasteiger partial charge in [-0.3, -0.25) is 0 Å². The Morgan fingerprint density at radius 2 is 1.02 bits per heavy atom. The molecule has 0 atom stereocenters. The van der Waals surface area contributed by atoms with Gasteiger partial charge in [0.25, 0.3) is 0 Å². The lowest BCUT2D eigenvalue weighted by molar-refractivity contribution is 0.669. The summed E-state index contributed by atoms with van der Waals surface area (Å²) < 4.78 is 142. The first-order valence-electron chi connectivity index (χ1n) is 25.6. The molecule has 0 aliphatic rings.